The van der Waals surface area contributed by atoms with E-state index >= 15 is 0 Å². The van der Waals surface area contributed by atoms with Gasteiger partial charge < -0.3 is 19.5 Å². The molecule has 158 valence electrons. The number of likely N-dealkylation sites (tertiary alicyclic amines) is 1. The predicted octanol–water partition coefficient (Wildman–Crippen LogP) is 4.37. The molecule has 1 aromatic heterocycles. The second-order valence-electron chi connectivity index (χ2n) is 8.87. The maximum Gasteiger partial charge on any atom is 0.410 e. The van der Waals surface area contributed by atoms with Crippen molar-refractivity contribution in [3.63, 3.8) is 0 Å². The van der Waals surface area contributed by atoms with Crippen LogP contribution in [-0.2, 0) is 4.74 Å². The Bertz CT molecular complexity index is 629. The first kappa shape index (κ1) is 22.5. The number of hydrogen-bond acceptors (Lipinski definition) is 5. The summed E-state index contributed by atoms with van der Waals surface area (Å²) in [6, 6.07) is 2.10. The van der Waals surface area contributed by atoms with Gasteiger partial charge in [0, 0.05) is 19.3 Å². The molecular weight excluding hydrogens is 356 g/mol. The minimum Gasteiger partial charge on any atom is -0.490 e. The molecule has 6 heteroatoms. The Kier molecular flexibility index (Phi) is 8.10. The fourth-order valence-electron chi connectivity index (χ4n) is 3.29. The first-order valence-electron chi connectivity index (χ1n) is 10.4. The zero-order valence-corrected chi connectivity index (χ0v) is 18.0. The van der Waals surface area contributed by atoms with Crippen molar-refractivity contribution in [1.82, 2.24) is 9.88 Å². The molecule has 1 fully saturated rings. The number of amides is 1. The number of aliphatic hydroxyl groups is 1. The minimum absolute atomic E-state index is 0.0494. The molecule has 6 nitrogen and oxygen atoms in total. The number of pyridine rings is 1. The van der Waals surface area contributed by atoms with Crippen LogP contribution < -0.4 is 4.74 Å². The molecule has 1 aliphatic heterocycles. The molecule has 28 heavy (non-hydrogen) atoms. The molecule has 0 aromatic carbocycles. The predicted molar refractivity (Wildman–Crippen MR) is 110 cm³/mol. The highest BCUT2D eigenvalue weighted by Gasteiger charge is 2.35. The van der Waals surface area contributed by atoms with Crippen molar-refractivity contribution in [3.05, 3.63) is 24.0 Å². The van der Waals surface area contributed by atoms with Gasteiger partial charge in [-0.25, -0.2) is 4.79 Å². The summed E-state index contributed by atoms with van der Waals surface area (Å²) < 4.78 is 11.4. The second kappa shape index (κ2) is 10.1. The highest BCUT2D eigenvalue weighted by molar-refractivity contribution is 5.69. The Hall–Kier alpha value is -1.82. The van der Waals surface area contributed by atoms with Gasteiger partial charge in [-0.15, -0.1) is 0 Å². The summed E-state index contributed by atoms with van der Waals surface area (Å²) in [4.78, 5) is 18.3. The van der Waals surface area contributed by atoms with Crippen LogP contribution in [0.15, 0.2) is 18.5 Å². The lowest BCUT2D eigenvalue weighted by atomic mass is 9.86. The maximum absolute atomic E-state index is 12.2. The summed E-state index contributed by atoms with van der Waals surface area (Å²) in [5.74, 6) is 1.62. The molecule has 2 rings (SSSR count). The molecule has 0 unspecified atom stereocenters. The Labute approximate surface area is 169 Å². The zero-order valence-electron chi connectivity index (χ0n) is 18.0. The van der Waals surface area contributed by atoms with E-state index in [1.54, 1.807) is 11.1 Å². The minimum atomic E-state index is -0.486. The molecule has 0 radical (unpaired) electrons. The number of aromatic nitrogens is 1. The Balaban J connectivity index is 1.86. The lowest BCUT2D eigenvalue weighted by Crippen LogP contribution is -2.55. The maximum atomic E-state index is 12.2. The fourth-order valence-corrected chi connectivity index (χ4v) is 3.29. The zero-order chi connectivity index (χ0) is 20.7. The third-order valence-corrected chi connectivity index (χ3v) is 5.40. The average molecular weight is 393 g/mol. The molecule has 1 aliphatic rings. The topological polar surface area (TPSA) is 71.9 Å². The van der Waals surface area contributed by atoms with Gasteiger partial charge in [0.15, 0.2) is 0 Å². The van der Waals surface area contributed by atoms with E-state index in [0.29, 0.717) is 25.0 Å². The molecule has 3 atom stereocenters. The molecule has 1 N–H and O–H groups in total. The van der Waals surface area contributed by atoms with Gasteiger partial charge in [-0.1, -0.05) is 26.7 Å². The Morgan fingerprint density at radius 3 is 2.68 bits per heavy atom. The van der Waals surface area contributed by atoms with Crippen LogP contribution in [0.1, 0.15) is 71.8 Å². The Morgan fingerprint density at radius 2 is 2.07 bits per heavy atom. The van der Waals surface area contributed by atoms with Crippen LogP contribution in [0.3, 0.4) is 0 Å². The summed E-state index contributed by atoms with van der Waals surface area (Å²) in [5, 5.41) is 8.95. The van der Waals surface area contributed by atoms with Crippen LogP contribution in [0, 0.1) is 5.92 Å². The van der Waals surface area contributed by atoms with Gasteiger partial charge in [0.05, 0.1) is 12.2 Å². The van der Waals surface area contributed by atoms with Crippen LogP contribution in [0.4, 0.5) is 4.79 Å². The second-order valence-corrected chi connectivity index (χ2v) is 8.87. The molecular formula is C22H36N2O4. The monoisotopic (exact) mass is 392 g/mol. The molecule has 0 saturated carbocycles. The van der Waals surface area contributed by atoms with E-state index in [1.165, 1.54) is 0 Å². The highest BCUT2D eigenvalue weighted by Crippen LogP contribution is 2.30. The van der Waals surface area contributed by atoms with E-state index in [0.717, 1.165) is 37.0 Å². The summed E-state index contributed by atoms with van der Waals surface area (Å²) in [7, 11) is 0. The molecule has 0 bridgehead atoms. The van der Waals surface area contributed by atoms with Crippen molar-refractivity contribution in [2.45, 2.75) is 77.9 Å². The van der Waals surface area contributed by atoms with Gasteiger partial charge in [-0.3, -0.25) is 4.98 Å². The Morgan fingerprint density at radius 1 is 1.32 bits per heavy atom. The van der Waals surface area contributed by atoms with Gasteiger partial charge in [-0.2, -0.15) is 0 Å². The standard InChI is InChI=1S/C22H36N2O4/c1-16(8-6-7-11-25)17(2)18-12-20(14-23-13-18)27-15-19-9-10-24(19)21(26)28-22(3,4)5/h12-14,16-17,19,25H,6-11,15H2,1-5H3/t16-,17+,19+/m1/s1. The molecule has 1 aromatic rings. The van der Waals surface area contributed by atoms with E-state index in [9.17, 15) is 4.79 Å². The van der Waals surface area contributed by atoms with E-state index in [4.69, 9.17) is 14.6 Å². The van der Waals surface area contributed by atoms with Crippen LogP contribution in [0.2, 0.25) is 0 Å². The quantitative estimate of drug-likeness (QED) is 0.632. The average Bonchev–Trinajstić information content (AvgIpc) is 2.59. The molecule has 1 saturated heterocycles. The first-order chi connectivity index (χ1) is 13.2. The number of carbonyl (C=O) groups is 1. The van der Waals surface area contributed by atoms with Crippen molar-refractivity contribution < 1.29 is 19.4 Å². The molecule has 0 aliphatic carbocycles. The van der Waals surface area contributed by atoms with Crippen LogP contribution in [0.25, 0.3) is 0 Å². The van der Waals surface area contributed by atoms with Gasteiger partial charge in [-0.05, 0) is 57.1 Å². The SMILES string of the molecule is C[C@H](CCCCO)[C@H](C)c1cncc(OC[C@@H]2CCN2C(=O)OC(C)(C)C)c1. The first-order valence-corrected chi connectivity index (χ1v) is 10.4. The summed E-state index contributed by atoms with van der Waals surface area (Å²) >= 11 is 0. The summed E-state index contributed by atoms with van der Waals surface area (Å²) in [6.07, 6.45) is 7.25. The van der Waals surface area contributed by atoms with Crippen molar-refractivity contribution in [3.8, 4) is 5.75 Å². The van der Waals surface area contributed by atoms with Crippen molar-refractivity contribution in [2.75, 3.05) is 19.8 Å². The van der Waals surface area contributed by atoms with Gasteiger partial charge in [0.1, 0.15) is 18.0 Å². The third-order valence-electron chi connectivity index (χ3n) is 5.40. The summed E-state index contributed by atoms with van der Waals surface area (Å²) in [6.45, 7) is 11.5. The number of unbranched alkanes of at least 4 members (excludes halogenated alkanes) is 1. The smallest absolute Gasteiger partial charge is 0.410 e. The van der Waals surface area contributed by atoms with Gasteiger partial charge in [0.2, 0.25) is 0 Å². The molecule has 2 heterocycles. The highest BCUT2D eigenvalue weighted by atomic mass is 16.6. The van der Waals surface area contributed by atoms with Gasteiger partial charge in [0.25, 0.3) is 0 Å². The number of ether oxygens (including phenoxy) is 2. The normalized spacial score (nSPS) is 18.9. The van der Waals surface area contributed by atoms with E-state index in [1.807, 2.05) is 27.0 Å². The van der Waals surface area contributed by atoms with Crippen LogP contribution in [-0.4, -0.2) is 52.5 Å². The number of rotatable bonds is 9. The lowest BCUT2D eigenvalue weighted by Gasteiger charge is -2.41. The van der Waals surface area contributed by atoms with Crippen molar-refractivity contribution >= 4 is 6.09 Å². The molecule has 1 amide bonds. The summed E-state index contributed by atoms with van der Waals surface area (Å²) in [5.41, 5.74) is 0.673. The van der Waals surface area contributed by atoms with E-state index in [2.05, 4.69) is 24.9 Å². The fraction of sp³-hybridized carbons (Fsp3) is 0.727. The lowest BCUT2D eigenvalue weighted by molar-refractivity contribution is -0.0141. The number of carbonyl (C=O) groups excluding carboxylic acids is 1. The number of hydrogen-bond donors (Lipinski definition) is 1. The van der Waals surface area contributed by atoms with E-state index < -0.39 is 5.60 Å². The largest absolute Gasteiger partial charge is 0.490 e. The third kappa shape index (κ3) is 6.66. The van der Waals surface area contributed by atoms with Crippen LogP contribution >= 0.6 is 0 Å². The van der Waals surface area contributed by atoms with Crippen molar-refractivity contribution in [2.24, 2.45) is 5.92 Å². The van der Waals surface area contributed by atoms with E-state index in [-0.39, 0.29) is 18.7 Å². The van der Waals surface area contributed by atoms with Crippen LogP contribution in [0.5, 0.6) is 5.75 Å². The van der Waals surface area contributed by atoms with Gasteiger partial charge >= 0.3 is 6.09 Å². The molecule has 0 spiro atoms. The number of aliphatic hydroxyl groups excluding tert-OH is 1. The number of nitrogens with zero attached hydrogens (tertiary/aromatic N) is 2. The van der Waals surface area contributed by atoms with Crippen molar-refractivity contribution in [1.29, 1.82) is 0 Å².